The highest BCUT2D eigenvalue weighted by Gasteiger charge is 2.17. The number of aryl methyl sites for hydroxylation is 1. The summed E-state index contributed by atoms with van der Waals surface area (Å²) in [4.78, 5) is 11.4. The molecule has 0 saturated carbocycles. The second-order valence-electron chi connectivity index (χ2n) is 7.62. The molecule has 1 N–H and O–H groups in total. The third-order valence-electron chi connectivity index (χ3n) is 4.91. The summed E-state index contributed by atoms with van der Waals surface area (Å²) in [6.45, 7) is 8.53. The van der Waals surface area contributed by atoms with Crippen LogP contribution < -0.4 is 10.1 Å². The highest BCUT2D eigenvalue weighted by molar-refractivity contribution is 6.31. The Morgan fingerprint density at radius 2 is 2.00 bits per heavy atom. The molecule has 7 heteroatoms. The van der Waals surface area contributed by atoms with Gasteiger partial charge in [-0.25, -0.2) is 4.39 Å². The molecule has 2 aromatic rings. The summed E-state index contributed by atoms with van der Waals surface area (Å²) in [5.41, 5.74) is 4.13. The summed E-state index contributed by atoms with van der Waals surface area (Å²) in [5, 5.41) is 3.01. The third kappa shape index (κ3) is 6.92. The lowest BCUT2D eigenvalue weighted by molar-refractivity contribution is -0.142. The van der Waals surface area contributed by atoms with E-state index in [1.165, 1.54) is 0 Å². The molecule has 31 heavy (non-hydrogen) atoms. The van der Waals surface area contributed by atoms with Gasteiger partial charge in [0.05, 0.1) is 18.2 Å². The van der Waals surface area contributed by atoms with Crippen LogP contribution >= 0.6 is 11.6 Å². The van der Waals surface area contributed by atoms with Gasteiger partial charge >= 0.3 is 5.97 Å². The number of methoxy groups -OCH3 is 1. The molecular formula is C24H31ClFNO4. The van der Waals surface area contributed by atoms with Gasteiger partial charge in [-0.2, -0.15) is 0 Å². The van der Waals surface area contributed by atoms with Crippen LogP contribution in [0.3, 0.4) is 0 Å². The fourth-order valence-corrected chi connectivity index (χ4v) is 3.67. The zero-order valence-electron chi connectivity index (χ0n) is 18.8. The summed E-state index contributed by atoms with van der Waals surface area (Å²) in [6.07, 6.45) is 0.502. The van der Waals surface area contributed by atoms with Crippen LogP contribution in [0.25, 0.3) is 0 Å². The molecule has 0 aromatic heterocycles. The van der Waals surface area contributed by atoms with E-state index >= 15 is 0 Å². The van der Waals surface area contributed by atoms with Crippen LogP contribution in [-0.4, -0.2) is 33.0 Å². The van der Waals surface area contributed by atoms with Gasteiger partial charge in [-0.1, -0.05) is 43.6 Å². The van der Waals surface area contributed by atoms with Crippen LogP contribution in [0, 0.1) is 12.7 Å². The summed E-state index contributed by atoms with van der Waals surface area (Å²) < 4.78 is 30.4. The first kappa shape index (κ1) is 25.1. The van der Waals surface area contributed by atoms with Crippen molar-refractivity contribution in [3.8, 4) is 5.75 Å². The smallest absolute Gasteiger partial charge is 0.319 e. The van der Waals surface area contributed by atoms with Crippen LogP contribution in [-0.2, 0) is 27.2 Å². The molecule has 0 spiro atoms. The van der Waals surface area contributed by atoms with Gasteiger partial charge in [-0.05, 0) is 54.5 Å². The first-order chi connectivity index (χ1) is 14.8. The molecule has 2 rings (SSSR count). The molecule has 0 aliphatic rings. The van der Waals surface area contributed by atoms with Crippen molar-refractivity contribution < 1.29 is 23.4 Å². The Morgan fingerprint density at radius 1 is 1.26 bits per heavy atom. The van der Waals surface area contributed by atoms with Crippen molar-refractivity contribution in [3.63, 3.8) is 0 Å². The number of nitrogens with one attached hydrogen (secondary N) is 1. The molecule has 0 bridgehead atoms. The molecule has 0 unspecified atom stereocenters. The number of benzene rings is 2. The molecular weight excluding hydrogens is 421 g/mol. The highest BCUT2D eigenvalue weighted by Crippen LogP contribution is 2.32. The van der Waals surface area contributed by atoms with Gasteiger partial charge in [0.2, 0.25) is 0 Å². The van der Waals surface area contributed by atoms with Crippen molar-refractivity contribution in [2.24, 2.45) is 0 Å². The van der Waals surface area contributed by atoms with Crippen molar-refractivity contribution in [2.45, 2.75) is 46.6 Å². The Bertz CT molecular complexity index is 902. The Hall–Kier alpha value is -2.15. The summed E-state index contributed by atoms with van der Waals surface area (Å²) in [6, 6.07) is 7.71. The molecule has 170 valence electrons. The minimum atomic E-state index is -0.470. The number of carbonyl (C=O) groups excluding carboxylic acids is 1. The number of esters is 1. The number of halogens is 2. The average Bonchev–Trinajstić information content (AvgIpc) is 2.73. The Kier molecular flexibility index (Phi) is 9.75. The van der Waals surface area contributed by atoms with Crippen LogP contribution in [0.5, 0.6) is 5.75 Å². The van der Waals surface area contributed by atoms with Gasteiger partial charge in [0.15, 0.2) is 6.79 Å². The third-order valence-corrected chi connectivity index (χ3v) is 5.30. The van der Waals surface area contributed by atoms with Crippen LogP contribution in [0.2, 0.25) is 5.02 Å². The number of hydrogen-bond donors (Lipinski definition) is 1. The highest BCUT2D eigenvalue weighted by atomic mass is 35.5. The van der Waals surface area contributed by atoms with Gasteiger partial charge in [-0.15, -0.1) is 0 Å². The maximum absolute atomic E-state index is 14.9. The lowest BCUT2D eigenvalue weighted by atomic mass is 9.94. The molecule has 0 radical (unpaired) electrons. The number of ether oxygens (including phenoxy) is 3. The van der Waals surface area contributed by atoms with Crippen molar-refractivity contribution in [3.05, 3.63) is 62.9 Å². The molecule has 0 atom stereocenters. The topological polar surface area (TPSA) is 56.8 Å². The Morgan fingerprint density at radius 3 is 2.65 bits per heavy atom. The monoisotopic (exact) mass is 451 g/mol. The van der Waals surface area contributed by atoms with E-state index in [2.05, 4.69) is 25.2 Å². The van der Waals surface area contributed by atoms with E-state index in [9.17, 15) is 9.18 Å². The van der Waals surface area contributed by atoms with E-state index in [0.717, 1.165) is 28.0 Å². The Balaban J connectivity index is 2.21. The Labute approximate surface area is 188 Å². The van der Waals surface area contributed by atoms with E-state index < -0.39 is 5.82 Å². The van der Waals surface area contributed by atoms with E-state index in [1.807, 2.05) is 19.1 Å². The summed E-state index contributed by atoms with van der Waals surface area (Å²) in [5.74, 6) is 0.189. The van der Waals surface area contributed by atoms with Gasteiger partial charge in [0.25, 0.3) is 0 Å². The van der Waals surface area contributed by atoms with Crippen molar-refractivity contribution in [1.82, 2.24) is 5.32 Å². The number of rotatable bonds is 11. The van der Waals surface area contributed by atoms with Gasteiger partial charge < -0.3 is 19.5 Å². The second-order valence-corrected chi connectivity index (χ2v) is 8.00. The van der Waals surface area contributed by atoms with Gasteiger partial charge in [0.1, 0.15) is 11.6 Å². The van der Waals surface area contributed by atoms with E-state index in [-0.39, 0.29) is 36.8 Å². The first-order valence-corrected chi connectivity index (χ1v) is 10.7. The maximum Gasteiger partial charge on any atom is 0.319 e. The zero-order chi connectivity index (χ0) is 23.0. The fraction of sp³-hybridized carbons (Fsp3) is 0.458. The van der Waals surface area contributed by atoms with Crippen LogP contribution in [0.1, 0.15) is 54.5 Å². The van der Waals surface area contributed by atoms with Crippen molar-refractivity contribution in [2.75, 3.05) is 27.1 Å². The predicted molar refractivity (Wildman–Crippen MR) is 120 cm³/mol. The largest absolute Gasteiger partial charge is 0.467 e. The lowest BCUT2D eigenvalue weighted by Crippen LogP contribution is -2.25. The fourth-order valence-electron chi connectivity index (χ4n) is 3.33. The normalized spacial score (nSPS) is 11.1. The molecule has 0 aliphatic heterocycles. The SMILES string of the molecule is CCOC(=O)CNCc1cc(C)c(Cc2ccc(OCOC)c(C(C)C)c2)c(Cl)c1F. The van der Waals surface area contributed by atoms with Crippen molar-refractivity contribution >= 4 is 17.6 Å². The molecule has 5 nitrogen and oxygen atoms in total. The molecule has 0 saturated heterocycles. The number of hydrogen-bond acceptors (Lipinski definition) is 5. The summed E-state index contributed by atoms with van der Waals surface area (Å²) in [7, 11) is 1.58. The lowest BCUT2D eigenvalue weighted by Gasteiger charge is -2.17. The molecule has 0 aliphatic carbocycles. The summed E-state index contributed by atoms with van der Waals surface area (Å²) >= 11 is 6.41. The zero-order valence-corrected chi connectivity index (χ0v) is 19.6. The second kappa shape index (κ2) is 12.0. The van der Waals surface area contributed by atoms with E-state index in [1.54, 1.807) is 20.1 Å². The minimum Gasteiger partial charge on any atom is -0.467 e. The van der Waals surface area contributed by atoms with Gasteiger partial charge in [0, 0.05) is 19.2 Å². The molecule has 0 fully saturated rings. The van der Waals surface area contributed by atoms with E-state index in [0.29, 0.717) is 18.6 Å². The minimum absolute atomic E-state index is 0.0150. The predicted octanol–water partition coefficient (Wildman–Crippen LogP) is 5.14. The van der Waals surface area contributed by atoms with Crippen LogP contribution in [0.4, 0.5) is 4.39 Å². The van der Waals surface area contributed by atoms with E-state index in [4.69, 9.17) is 25.8 Å². The maximum atomic E-state index is 14.9. The standard InChI is InChI=1S/C24H31ClFNO4/c1-6-30-22(28)13-27-12-18-9-16(4)20(23(25)24(18)26)11-17-7-8-21(31-14-29-5)19(10-17)15(2)3/h7-10,15,27H,6,11-14H2,1-5H3. The van der Waals surface area contributed by atoms with Gasteiger partial charge in [-0.3, -0.25) is 4.79 Å². The molecule has 0 amide bonds. The quantitative estimate of drug-likeness (QED) is 0.379. The van der Waals surface area contributed by atoms with Crippen molar-refractivity contribution in [1.29, 1.82) is 0 Å². The number of carbonyl (C=O) groups is 1. The van der Waals surface area contributed by atoms with Crippen LogP contribution in [0.15, 0.2) is 24.3 Å². The first-order valence-electron chi connectivity index (χ1n) is 10.4. The molecule has 0 heterocycles. The average molecular weight is 452 g/mol. The molecule has 2 aromatic carbocycles.